The third-order valence-electron chi connectivity index (χ3n) is 6.27. The fraction of sp³-hybridized carbons (Fsp3) is 0.955. The summed E-state index contributed by atoms with van der Waals surface area (Å²) in [5.41, 5.74) is -0.844. The second-order valence-corrected chi connectivity index (χ2v) is 8.85. The Morgan fingerprint density at radius 1 is 1.07 bits per heavy atom. The van der Waals surface area contributed by atoms with Crippen LogP contribution in [0.1, 0.15) is 53.4 Å². The number of guanidine groups is 1. The SMILES string of the molecule is CCNC(=NCC(C)(O)CN1CCOCC1)NCC(C(CC)CC)N1CCCC1.I. The molecule has 178 valence electrons. The lowest BCUT2D eigenvalue weighted by molar-refractivity contribution is -0.0180. The number of hydrogen-bond acceptors (Lipinski definition) is 5. The normalized spacial score (nSPS) is 21.9. The third kappa shape index (κ3) is 9.54. The van der Waals surface area contributed by atoms with Gasteiger partial charge in [0.25, 0.3) is 0 Å². The second kappa shape index (κ2) is 14.8. The second-order valence-electron chi connectivity index (χ2n) is 8.85. The number of ether oxygens (including phenoxy) is 1. The fourth-order valence-corrected chi connectivity index (χ4v) is 4.58. The van der Waals surface area contributed by atoms with Crippen molar-refractivity contribution in [3.8, 4) is 0 Å². The number of nitrogens with one attached hydrogen (secondary N) is 2. The highest BCUT2D eigenvalue weighted by molar-refractivity contribution is 14.0. The van der Waals surface area contributed by atoms with Crippen LogP contribution in [0.4, 0.5) is 0 Å². The van der Waals surface area contributed by atoms with Gasteiger partial charge in [-0.2, -0.15) is 0 Å². The van der Waals surface area contributed by atoms with Crippen molar-refractivity contribution < 1.29 is 9.84 Å². The summed E-state index contributed by atoms with van der Waals surface area (Å²) in [6.45, 7) is 17.0. The zero-order chi connectivity index (χ0) is 21.1. The number of likely N-dealkylation sites (tertiary alicyclic amines) is 1. The predicted molar refractivity (Wildman–Crippen MR) is 136 cm³/mol. The van der Waals surface area contributed by atoms with Gasteiger partial charge in [0.1, 0.15) is 0 Å². The molecule has 0 spiro atoms. The van der Waals surface area contributed by atoms with Gasteiger partial charge in [-0.25, -0.2) is 0 Å². The van der Waals surface area contributed by atoms with Gasteiger partial charge < -0.3 is 20.5 Å². The van der Waals surface area contributed by atoms with Crippen LogP contribution in [0, 0.1) is 5.92 Å². The van der Waals surface area contributed by atoms with Gasteiger partial charge in [-0.1, -0.05) is 26.7 Å². The van der Waals surface area contributed by atoms with Crippen molar-refractivity contribution in [2.75, 3.05) is 65.6 Å². The number of halogens is 1. The monoisotopic (exact) mass is 539 g/mol. The Hall–Kier alpha value is -0.160. The molecule has 7 nitrogen and oxygen atoms in total. The molecule has 2 rings (SSSR count). The van der Waals surface area contributed by atoms with E-state index in [0.29, 0.717) is 25.0 Å². The highest BCUT2D eigenvalue weighted by atomic mass is 127. The number of aliphatic hydroxyl groups is 1. The van der Waals surface area contributed by atoms with Crippen molar-refractivity contribution in [2.24, 2.45) is 10.9 Å². The molecule has 0 radical (unpaired) electrons. The Balaban J connectivity index is 0.00000450. The van der Waals surface area contributed by atoms with E-state index in [1.807, 2.05) is 6.92 Å². The van der Waals surface area contributed by atoms with Gasteiger partial charge >= 0.3 is 0 Å². The quantitative estimate of drug-likeness (QED) is 0.212. The average molecular weight is 540 g/mol. The number of nitrogens with zero attached hydrogens (tertiary/aromatic N) is 3. The van der Waals surface area contributed by atoms with E-state index >= 15 is 0 Å². The molecule has 8 heteroatoms. The van der Waals surface area contributed by atoms with E-state index in [1.165, 1.54) is 38.8 Å². The van der Waals surface area contributed by atoms with Crippen LogP contribution in [0.5, 0.6) is 0 Å². The van der Waals surface area contributed by atoms with Crippen molar-refractivity contribution in [3.05, 3.63) is 0 Å². The van der Waals surface area contributed by atoms with E-state index in [2.05, 4.69) is 41.2 Å². The Bertz CT molecular complexity index is 474. The van der Waals surface area contributed by atoms with Crippen molar-refractivity contribution in [1.29, 1.82) is 0 Å². The summed E-state index contributed by atoms with van der Waals surface area (Å²) in [7, 11) is 0. The molecule has 30 heavy (non-hydrogen) atoms. The minimum Gasteiger partial charge on any atom is -0.387 e. The molecule has 0 aliphatic carbocycles. The number of hydrogen-bond donors (Lipinski definition) is 3. The zero-order valence-corrected chi connectivity index (χ0v) is 22.0. The molecule has 0 aromatic rings. The van der Waals surface area contributed by atoms with Crippen molar-refractivity contribution >= 4 is 29.9 Å². The Kier molecular flexibility index (Phi) is 13.8. The number of aliphatic imine (C=N–C) groups is 1. The van der Waals surface area contributed by atoms with E-state index in [0.717, 1.165) is 45.4 Å². The molecular formula is C22H46IN5O2. The molecule has 0 bridgehead atoms. The van der Waals surface area contributed by atoms with Crippen molar-refractivity contribution in [2.45, 2.75) is 65.0 Å². The van der Waals surface area contributed by atoms with Crippen LogP contribution in [0.15, 0.2) is 4.99 Å². The van der Waals surface area contributed by atoms with Gasteiger partial charge in [0.15, 0.2) is 5.96 Å². The molecule has 2 saturated heterocycles. The van der Waals surface area contributed by atoms with Gasteiger partial charge in [0.2, 0.25) is 0 Å². The summed E-state index contributed by atoms with van der Waals surface area (Å²) < 4.78 is 5.40. The molecule has 0 amide bonds. The maximum absolute atomic E-state index is 10.8. The van der Waals surface area contributed by atoms with Gasteiger partial charge in [-0.3, -0.25) is 14.8 Å². The summed E-state index contributed by atoms with van der Waals surface area (Å²) in [5, 5.41) is 17.8. The molecule has 0 aromatic carbocycles. The summed E-state index contributed by atoms with van der Waals surface area (Å²) in [4.78, 5) is 9.64. The largest absolute Gasteiger partial charge is 0.387 e. The van der Waals surface area contributed by atoms with Crippen LogP contribution in [-0.4, -0.2) is 98.1 Å². The van der Waals surface area contributed by atoms with Gasteiger partial charge in [0, 0.05) is 38.8 Å². The zero-order valence-electron chi connectivity index (χ0n) is 19.7. The lowest BCUT2D eigenvalue weighted by atomic mass is 9.93. The molecule has 2 heterocycles. The Labute approximate surface area is 201 Å². The standard InChI is InChI=1S/C22H45N5O2.HI/c1-5-19(6-2)20(27-10-8-9-11-27)16-24-21(23-7-3)25-17-22(4,28)18-26-12-14-29-15-13-26;/h19-20,28H,5-18H2,1-4H3,(H2,23,24,25);1H. The average Bonchev–Trinajstić information content (AvgIpc) is 3.24. The first-order valence-electron chi connectivity index (χ1n) is 11.8. The van der Waals surface area contributed by atoms with Gasteiger partial charge in [-0.05, 0) is 45.7 Å². The van der Waals surface area contributed by atoms with Gasteiger partial charge in [0.05, 0.1) is 25.4 Å². The molecule has 2 atom stereocenters. The fourth-order valence-electron chi connectivity index (χ4n) is 4.58. The maximum atomic E-state index is 10.8. The summed E-state index contributed by atoms with van der Waals surface area (Å²) >= 11 is 0. The first kappa shape index (κ1) is 27.9. The lowest BCUT2D eigenvalue weighted by Crippen LogP contribution is -2.50. The Morgan fingerprint density at radius 2 is 1.70 bits per heavy atom. The van der Waals surface area contributed by atoms with Crippen LogP contribution in [0.3, 0.4) is 0 Å². The van der Waals surface area contributed by atoms with Crippen LogP contribution in [-0.2, 0) is 4.74 Å². The minimum absolute atomic E-state index is 0. The van der Waals surface area contributed by atoms with Crippen LogP contribution in [0.25, 0.3) is 0 Å². The van der Waals surface area contributed by atoms with Crippen LogP contribution < -0.4 is 10.6 Å². The Morgan fingerprint density at radius 3 is 2.27 bits per heavy atom. The van der Waals surface area contributed by atoms with E-state index in [9.17, 15) is 5.11 Å². The molecule has 2 fully saturated rings. The molecule has 3 N–H and O–H groups in total. The minimum atomic E-state index is -0.844. The van der Waals surface area contributed by atoms with E-state index in [4.69, 9.17) is 9.73 Å². The molecule has 2 unspecified atom stereocenters. The van der Waals surface area contributed by atoms with E-state index in [1.54, 1.807) is 0 Å². The summed E-state index contributed by atoms with van der Waals surface area (Å²) in [6, 6.07) is 0.546. The van der Waals surface area contributed by atoms with E-state index < -0.39 is 5.60 Å². The lowest BCUT2D eigenvalue weighted by Gasteiger charge is -2.34. The number of β-amino-alcohol motifs (C(OH)–C–C–N with tert-alkyl or cyclic N) is 1. The highest BCUT2D eigenvalue weighted by Gasteiger charge is 2.28. The van der Waals surface area contributed by atoms with Crippen LogP contribution >= 0.6 is 24.0 Å². The molecule has 0 saturated carbocycles. The predicted octanol–water partition coefficient (Wildman–Crippen LogP) is 2.14. The molecule has 2 aliphatic heterocycles. The third-order valence-corrected chi connectivity index (χ3v) is 6.27. The number of morpholine rings is 1. The summed E-state index contributed by atoms with van der Waals surface area (Å²) in [6.07, 6.45) is 5.05. The number of rotatable bonds is 11. The van der Waals surface area contributed by atoms with Crippen LogP contribution in [0.2, 0.25) is 0 Å². The molecule has 0 aromatic heterocycles. The topological polar surface area (TPSA) is 72.4 Å². The maximum Gasteiger partial charge on any atom is 0.191 e. The van der Waals surface area contributed by atoms with Crippen molar-refractivity contribution in [1.82, 2.24) is 20.4 Å². The first-order chi connectivity index (χ1) is 14.0. The summed E-state index contributed by atoms with van der Waals surface area (Å²) in [5.74, 6) is 1.51. The smallest absolute Gasteiger partial charge is 0.191 e. The molecule has 2 aliphatic rings. The molecular weight excluding hydrogens is 493 g/mol. The van der Waals surface area contributed by atoms with Crippen molar-refractivity contribution in [3.63, 3.8) is 0 Å². The van der Waals surface area contributed by atoms with Gasteiger partial charge in [-0.15, -0.1) is 24.0 Å². The van der Waals surface area contributed by atoms with E-state index in [-0.39, 0.29) is 24.0 Å². The highest BCUT2D eigenvalue weighted by Crippen LogP contribution is 2.22. The first-order valence-corrected chi connectivity index (χ1v) is 11.8.